The standard InChI is InChI=1S/C30H22FN3O4/c1-18-27-25(33-34-29(35)22-9-13-23(31)14-10-22)3-2-4-26(27)38-28(18)30(36)37-24-15-11-21(12-16-24)20-7-5-19(17-32)6-8-20/h5-16H,2-4H2,1H3,(H,34,35)/b33-25+. The first-order valence-corrected chi connectivity index (χ1v) is 12.0. The fourth-order valence-electron chi connectivity index (χ4n) is 4.36. The van der Waals surface area contributed by atoms with Crippen LogP contribution in [0.3, 0.4) is 0 Å². The Morgan fingerprint density at radius 2 is 1.63 bits per heavy atom. The molecule has 1 aliphatic rings. The van der Waals surface area contributed by atoms with E-state index in [1.54, 1.807) is 31.2 Å². The molecule has 1 aliphatic carbocycles. The van der Waals surface area contributed by atoms with Gasteiger partial charge < -0.3 is 9.15 Å². The van der Waals surface area contributed by atoms with Crippen molar-refractivity contribution < 1.29 is 23.1 Å². The van der Waals surface area contributed by atoms with Crippen molar-refractivity contribution >= 4 is 17.6 Å². The molecule has 0 radical (unpaired) electrons. The third-order valence-corrected chi connectivity index (χ3v) is 6.32. The van der Waals surface area contributed by atoms with Crippen molar-refractivity contribution in [3.05, 3.63) is 112 Å². The van der Waals surface area contributed by atoms with Crippen molar-refractivity contribution in [1.29, 1.82) is 5.26 Å². The molecule has 3 aromatic carbocycles. The molecule has 4 aromatic rings. The van der Waals surface area contributed by atoms with Crippen LogP contribution in [0, 0.1) is 24.1 Å². The van der Waals surface area contributed by atoms with E-state index in [0.29, 0.717) is 46.8 Å². The Kier molecular flexibility index (Phi) is 6.83. The number of rotatable bonds is 5. The molecule has 0 atom stereocenters. The van der Waals surface area contributed by atoms with Gasteiger partial charge in [-0.25, -0.2) is 14.6 Å². The van der Waals surface area contributed by atoms with Gasteiger partial charge in [-0.3, -0.25) is 4.79 Å². The van der Waals surface area contributed by atoms with Gasteiger partial charge in [0.25, 0.3) is 5.91 Å². The van der Waals surface area contributed by atoms with Gasteiger partial charge in [-0.05, 0) is 79.4 Å². The van der Waals surface area contributed by atoms with E-state index in [-0.39, 0.29) is 11.3 Å². The van der Waals surface area contributed by atoms with Gasteiger partial charge in [-0.15, -0.1) is 0 Å². The lowest BCUT2D eigenvalue weighted by Crippen LogP contribution is -2.22. The van der Waals surface area contributed by atoms with Crippen molar-refractivity contribution in [1.82, 2.24) is 5.43 Å². The molecule has 0 saturated heterocycles. The summed E-state index contributed by atoms with van der Waals surface area (Å²) in [5.41, 5.74) is 7.13. The Hall–Kier alpha value is -5.03. The van der Waals surface area contributed by atoms with Crippen molar-refractivity contribution in [3.63, 3.8) is 0 Å². The molecule has 1 heterocycles. The third kappa shape index (κ3) is 5.08. The van der Waals surface area contributed by atoms with Gasteiger partial charge >= 0.3 is 5.97 Å². The second-order valence-corrected chi connectivity index (χ2v) is 8.82. The minimum atomic E-state index is -0.627. The van der Waals surface area contributed by atoms with Gasteiger partial charge in [0.2, 0.25) is 5.76 Å². The van der Waals surface area contributed by atoms with Crippen LogP contribution in [0.4, 0.5) is 4.39 Å². The molecular weight excluding hydrogens is 485 g/mol. The van der Waals surface area contributed by atoms with Crippen LogP contribution in [0.25, 0.3) is 11.1 Å². The van der Waals surface area contributed by atoms with Crippen molar-refractivity contribution in [2.75, 3.05) is 0 Å². The summed E-state index contributed by atoms with van der Waals surface area (Å²) in [5, 5.41) is 13.2. The number of ether oxygens (including phenoxy) is 1. The van der Waals surface area contributed by atoms with Crippen LogP contribution in [-0.2, 0) is 6.42 Å². The SMILES string of the molecule is Cc1c(C(=O)Oc2ccc(-c3ccc(C#N)cc3)cc2)oc2c1/C(=N/NC(=O)c1ccc(F)cc1)CCC2. The summed E-state index contributed by atoms with van der Waals surface area (Å²) in [6.45, 7) is 1.76. The number of carbonyl (C=O) groups is 2. The van der Waals surface area contributed by atoms with E-state index in [1.165, 1.54) is 24.3 Å². The Morgan fingerprint density at radius 3 is 2.29 bits per heavy atom. The number of halogens is 1. The maximum Gasteiger partial charge on any atom is 0.379 e. The van der Waals surface area contributed by atoms with Crippen LogP contribution in [-0.4, -0.2) is 17.6 Å². The van der Waals surface area contributed by atoms with E-state index in [2.05, 4.69) is 16.6 Å². The Balaban J connectivity index is 1.31. The minimum absolute atomic E-state index is 0.0885. The average Bonchev–Trinajstić information content (AvgIpc) is 3.29. The van der Waals surface area contributed by atoms with E-state index in [4.69, 9.17) is 14.4 Å². The lowest BCUT2D eigenvalue weighted by atomic mass is 9.93. The number of hydrogen-bond donors (Lipinski definition) is 1. The summed E-state index contributed by atoms with van der Waals surface area (Å²) in [6.07, 6.45) is 1.98. The summed E-state index contributed by atoms with van der Waals surface area (Å²) in [4.78, 5) is 25.4. The van der Waals surface area contributed by atoms with E-state index < -0.39 is 17.7 Å². The van der Waals surface area contributed by atoms with Gasteiger partial charge in [0, 0.05) is 23.1 Å². The third-order valence-electron chi connectivity index (χ3n) is 6.32. The van der Waals surface area contributed by atoms with Crippen LogP contribution < -0.4 is 10.2 Å². The lowest BCUT2D eigenvalue weighted by molar-refractivity contribution is 0.0698. The molecule has 38 heavy (non-hydrogen) atoms. The van der Waals surface area contributed by atoms with E-state index >= 15 is 0 Å². The number of esters is 1. The maximum absolute atomic E-state index is 13.1. The first-order chi connectivity index (χ1) is 18.4. The predicted octanol–water partition coefficient (Wildman–Crippen LogP) is 5.96. The molecule has 1 amide bonds. The molecule has 8 heteroatoms. The zero-order chi connectivity index (χ0) is 26.6. The smallest absolute Gasteiger partial charge is 0.379 e. The number of hydrogen-bond acceptors (Lipinski definition) is 6. The van der Waals surface area contributed by atoms with E-state index in [9.17, 15) is 14.0 Å². The number of carbonyl (C=O) groups excluding carboxylic acids is 2. The molecular formula is C30H22FN3O4. The second kappa shape index (κ2) is 10.5. The number of hydrazone groups is 1. The molecule has 5 rings (SSSR count). The number of nitrogens with one attached hydrogen (secondary N) is 1. The van der Waals surface area contributed by atoms with Crippen LogP contribution in [0.5, 0.6) is 5.75 Å². The summed E-state index contributed by atoms with van der Waals surface area (Å²) in [5.74, 6) is -0.452. The topological polar surface area (TPSA) is 105 Å². The fourth-order valence-corrected chi connectivity index (χ4v) is 4.36. The van der Waals surface area contributed by atoms with Gasteiger partial charge in [0.15, 0.2) is 0 Å². The predicted molar refractivity (Wildman–Crippen MR) is 138 cm³/mol. The van der Waals surface area contributed by atoms with Crippen LogP contribution in [0.1, 0.15) is 56.2 Å². The molecule has 0 fully saturated rings. The number of furan rings is 1. The Bertz CT molecular complexity index is 1580. The molecule has 7 nitrogen and oxygen atoms in total. The van der Waals surface area contributed by atoms with Gasteiger partial charge in [0.05, 0.1) is 17.3 Å². The van der Waals surface area contributed by atoms with Crippen LogP contribution in [0.2, 0.25) is 0 Å². The first-order valence-electron chi connectivity index (χ1n) is 12.0. The summed E-state index contributed by atoms with van der Waals surface area (Å²) >= 11 is 0. The highest BCUT2D eigenvalue weighted by molar-refractivity contribution is 6.06. The number of benzene rings is 3. The number of fused-ring (bicyclic) bond motifs is 1. The zero-order valence-electron chi connectivity index (χ0n) is 20.5. The fraction of sp³-hybridized carbons (Fsp3) is 0.133. The molecule has 188 valence electrons. The number of nitrogens with zero attached hydrogens (tertiary/aromatic N) is 2. The molecule has 0 aliphatic heterocycles. The summed E-state index contributed by atoms with van der Waals surface area (Å²) in [7, 11) is 0. The highest BCUT2D eigenvalue weighted by Crippen LogP contribution is 2.31. The summed E-state index contributed by atoms with van der Waals surface area (Å²) in [6, 6.07) is 21.5. The second-order valence-electron chi connectivity index (χ2n) is 8.82. The molecule has 0 bridgehead atoms. The Morgan fingerprint density at radius 1 is 0.974 bits per heavy atom. The van der Waals surface area contributed by atoms with E-state index in [1.807, 2.05) is 24.3 Å². The number of aryl methyl sites for hydroxylation is 1. The van der Waals surface area contributed by atoms with Gasteiger partial charge in [0.1, 0.15) is 17.3 Å². The normalized spacial score (nSPS) is 13.4. The van der Waals surface area contributed by atoms with Crippen molar-refractivity contribution in [2.24, 2.45) is 5.10 Å². The van der Waals surface area contributed by atoms with Crippen LogP contribution >= 0.6 is 0 Å². The monoisotopic (exact) mass is 507 g/mol. The van der Waals surface area contributed by atoms with E-state index in [0.717, 1.165) is 17.5 Å². The van der Waals surface area contributed by atoms with Crippen molar-refractivity contribution in [3.8, 4) is 22.9 Å². The number of nitriles is 1. The van der Waals surface area contributed by atoms with Crippen molar-refractivity contribution in [2.45, 2.75) is 26.2 Å². The number of amides is 1. The quantitative estimate of drug-likeness (QED) is 0.204. The molecule has 0 saturated carbocycles. The molecule has 1 aromatic heterocycles. The van der Waals surface area contributed by atoms with Gasteiger partial charge in [-0.2, -0.15) is 10.4 Å². The molecule has 0 unspecified atom stereocenters. The average molecular weight is 508 g/mol. The lowest BCUT2D eigenvalue weighted by Gasteiger charge is -2.13. The first kappa shape index (κ1) is 24.7. The summed E-state index contributed by atoms with van der Waals surface area (Å²) < 4.78 is 24.6. The Labute approximate surface area is 218 Å². The molecule has 0 spiro atoms. The minimum Gasteiger partial charge on any atom is -0.453 e. The van der Waals surface area contributed by atoms with Crippen LogP contribution in [0.15, 0.2) is 82.3 Å². The zero-order valence-corrected chi connectivity index (χ0v) is 20.5. The highest BCUT2D eigenvalue weighted by Gasteiger charge is 2.29. The molecule has 1 N–H and O–H groups in total. The highest BCUT2D eigenvalue weighted by atomic mass is 19.1. The largest absolute Gasteiger partial charge is 0.453 e. The van der Waals surface area contributed by atoms with Gasteiger partial charge in [-0.1, -0.05) is 24.3 Å². The maximum atomic E-state index is 13.1.